The average molecular weight is 398 g/mol. The van der Waals surface area contributed by atoms with E-state index in [2.05, 4.69) is 23.1 Å². The molecular formula is C16H20ClN5O5. The van der Waals surface area contributed by atoms with Crippen molar-refractivity contribution in [3.05, 3.63) is 35.6 Å². The number of aliphatic carboxylic acids is 2. The Morgan fingerprint density at radius 3 is 2.59 bits per heavy atom. The van der Waals surface area contributed by atoms with Gasteiger partial charge in [0.1, 0.15) is 23.2 Å². The number of carbonyl (C=O) groups is 2. The number of alkyl halides is 1. The molecule has 1 aromatic heterocycles. The van der Waals surface area contributed by atoms with Crippen molar-refractivity contribution in [3.63, 3.8) is 0 Å². The monoisotopic (exact) mass is 397 g/mol. The molecule has 1 heterocycles. The second kappa shape index (κ2) is 9.70. The molecule has 0 aliphatic heterocycles. The van der Waals surface area contributed by atoms with Crippen LogP contribution in [0.1, 0.15) is 38.1 Å². The largest absolute Gasteiger partial charge is 0.485 e. The first-order chi connectivity index (χ1) is 12.6. The van der Waals surface area contributed by atoms with E-state index in [0.717, 1.165) is 12.8 Å². The van der Waals surface area contributed by atoms with Gasteiger partial charge in [0.15, 0.2) is 11.9 Å². The summed E-state index contributed by atoms with van der Waals surface area (Å²) >= 11 is 6.14. The van der Waals surface area contributed by atoms with E-state index in [4.69, 9.17) is 41.9 Å². The van der Waals surface area contributed by atoms with Crippen LogP contribution in [0.25, 0.3) is 0 Å². The third-order valence-corrected chi connectivity index (χ3v) is 3.69. The van der Waals surface area contributed by atoms with Crippen molar-refractivity contribution in [2.45, 2.75) is 37.3 Å². The lowest BCUT2D eigenvalue weighted by Gasteiger charge is -2.27. The Bertz CT molecular complexity index is 781. The molecule has 0 saturated carbocycles. The molecule has 0 fully saturated rings. The van der Waals surface area contributed by atoms with E-state index in [-0.39, 0.29) is 12.5 Å². The number of nitrogens with zero attached hydrogens (tertiary/aromatic N) is 4. The van der Waals surface area contributed by atoms with Crippen LogP contribution in [0, 0.1) is 11.3 Å². The summed E-state index contributed by atoms with van der Waals surface area (Å²) in [4.78, 5) is 21.4. The lowest BCUT2D eigenvalue weighted by Crippen LogP contribution is -2.33. The van der Waals surface area contributed by atoms with Crippen molar-refractivity contribution in [1.29, 1.82) is 5.26 Å². The predicted octanol–water partition coefficient (Wildman–Crippen LogP) is 1.46. The maximum Gasteiger partial charge on any atom is 0.414 e. The van der Waals surface area contributed by atoms with Gasteiger partial charge in [-0.15, -0.1) is 0 Å². The van der Waals surface area contributed by atoms with Crippen molar-refractivity contribution in [3.8, 4) is 6.07 Å². The first-order valence-electron chi connectivity index (χ1n) is 7.88. The van der Waals surface area contributed by atoms with Crippen molar-refractivity contribution < 1.29 is 24.5 Å². The molecule has 0 spiro atoms. The van der Waals surface area contributed by atoms with Gasteiger partial charge in [0.2, 0.25) is 0 Å². The van der Waals surface area contributed by atoms with Crippen molar-refractivity contribution >= 4 is 23.5 Å². The van der Waals surface area contributed by atoms with Crippen LogP contribution >= 0.6 is 11.6 Å². The SMILES string of the molecule is CCCC(OC1=C(C#N)C=CC(N)(Cl)C1)c1ncnn1C.O=C(O)C(=O)O. The fourth-order valence-electron chi connectivity index (χ4n) is 2.19. The molecule has 0 radical (unpaired) electrons. The zero-order valence-corrected chi connectivity index (χ0v) is 15.5. The molecule has 0 amide bonds. The topological polar surface area (TPSA) is 164 Å². The molecule has 10 nitrogen and oxygen atoms in total. The number of aromatic nitrogens is 3. The fraction of sp³-hybridized carbons (Fsp3) is 0.438. The highest BCUT2D eigenvalue weighted by Crippen LogP contribution is 2.33. The van der Waals surface area contributed by atoms with Gasteiger partial charge in [0.25, 0.3) is 0 Å². The minimum atomic E-state index is -1.82. The van der Waals surface area contributed by atoms with Gasteiger partial charge in [-0.25, -0.2) is 19.3 Å². The van der Waals surface area contributed by atoms with Gasteiger partial charge in [-0.05, 0) is 18.6 Å². The van der Waals surface area contributed by atoms with E-state index in [1.165, 1.54) is 6.33 Å². The molecule has 1 aromatic rings. The third kappa shape index (κ3) is 6.73. The zero-order chi connectivity index (χ0) is 20.6. The van der Waals surface area contributed by atoms with Crippen molar-refractivity contribution in [1.82, 2.24) is 14.8 Å². The highest BCUT2D eigenvalue weighted by Gasteiger charge is 2.29. The smallest absolute Gasteiger partial charge is 0.414 e. The van der Waals surface area contributed by atoms with Gasteiger partial charge in [-0.2, -0.15) is 10.4 Å². The Morgan fingerprint density at radius 2 is 2.15 bits per heavy atom. The van der Waals surface area contributed by atoms with Crippen LogP contribution in [0.2, 0.25) is 0 Å². The summed E-state index contributed by atoms with van der Waals surface area (Å²) < 4.78 is 7.68. The minimum absolute atomic E-state index is 0.270. The second-order valence-electron chi connectivity index (χ2n) is 5.63. The number of nitrogens with two attached hydrogens (primary N) is 1. The van der Waals surface area contributed by atoms with Gasteiger partial charge in [0, 0.05) is 13.5 Å². The summed E-state index contributed by atoms with van der Waals surface area (Å²) in [7, 11) is 1.81. The van der Waals surface area contributed by atoms with Crippen LogP contribution in [0.15, 0.2) is 29.8 Å². The summed E-state index contributed by atoms with van der Waals surface area (Å²) in [6.45, 7) is 2.06. The molecule has 0 bridgehead atoms. The highest BCUT2D eigenvalue weighted by molar-refractivity contribution is 6.27. The number of hydrogen-bond donors (Lipinski definition) is 3. The van der Waals surface area contributed by atoms with Crippen LogP contribution in [-0.4, -0.2) is 41.9 Å². The number of hydrogen-bond acceptors (Lipinski definition) is 7. The molecule has 27 heavy (non-hydrogen) atoms. The summed E-state index contributed by atoms with van der Waals surface area (Å²) in [6, 6.07) is 2.11. The first-order valence-corrected chi connectivity index (χ1v) is 8.26. The Morgan fingerprint density at radius 1 is 1.52 bits per heavy atom. The highest BCUT2D eigenvalue weighted by atomic mass is 35.5. The quantitative estimate of drug-likeness (QED) is 0.378. The van der Waals surface area contributed by atoms with Crippen LogP contribution < -0.4 is 5.73 Å². The van der Waals surface area contributed by atoms with Gasteiger partial charge < -0.3 is 20.7 Å². The van der Waals surface area contributed by atoms with Gasteiger partial charge in [-0.1, -0.05) is 24.9 Å². The summed E-state index contributed by atoms with van der Waals surface area (Å²) in [5.41, 5.74) is 6.35. The number of carboxylic acids is 2. The van der Waals surface area contributed by atoms with E-state index in [0.29, 0.717) is 17.2 Å². The predicted molar refractivity (Wildman–Crippen MR) is 94.2 cm³/mol. The number of ether oxygens (including phenoxy) is 1. The van der Waals surface area contributed by atoms with Crippen molar-refractivity contribution in [2.75, 3.05) is 0 Å². The lowest BCUT2D eigenvalue weighted by molar-refractivity contribution is -0.159. The molecular weight excluding hydrogens is 378 g/mol. The lowest BCUT2D eigenvalue weighted by atomic mass is 10.0. The summed E-state index contributed by atoms with van der Waals surface area (Å²) in [6.07, 6.45) is 6.36. The van der Waals surface area contributed by atoms with Crippen LogP contribution in [-0.2, 0) is 21.4 Å². The molecule has 146 valence electrons. The Balaban J connectivity index is 0.000000527. The maximum absolute atomic E-state index is 9.20. The van der Waals surface area contributed by atoms with Gasteiger partial charge in [0.05, 0.1) is 5.57 Å². The van der Waals surface area contributed by atoms with Crippen LogP contribution in [0.4, 0.5) is 0 Å². The summed E-state index contributed by atoms with van der Waals surface area (Å²) in [5.74, 6) is -2.43. The number of allylic oxidation sites excluding steroid dienone is 2. The van der Waals surface area contributed by atoms with E-state index in [9.17, 15) is 5.26 Å². The molecule has 1 aliphatic rings. The second-order valence-corrected chi connectivity index (χ2v) is 6.34. The number of halogens is 1. The molecule has 0 saturated heterocycles. The first kappa shape index (κ1) is 22.1. The van der Waals surface area contributed by atoms with E-state index < -0.39 is 16.9 Å². The van der Waals surface area contributed by atoms with Gasteiger partial charge in [-0.3, -0.25) is 0 Å². The van der Waals surface area contributed by atoms with Crippen LogP contribution in [0.5, 0.6) is 0 Å². The standard InChI is InChI=1S/C14H18ClN5O.C2H2O4/c1-3-4-11(13-18-9-19-20(13)2)21-12-7-14(15,17)6-5-10(12)8-16;3-1(4)2(5)6/h5-6,9,11H,3-4,7,17H2,1-2H3;(H,3,4)(H,5,6). The third-order valence-electron chi connectivity index (χ3n) is 3.43. The number of nitriles is 1. The Kier molecular flexibility index (Phi) is 7.96. The molecule has 2 unspecified atom stereocenters. The molecule has 0 aromatic carbocycles. The molecule has 2 atom stereocenters. The molecule has 11 heteroatoms. The van der Waals surface area contributed by atoms with E-state index in [1.807, 2.05) is 7.05 Å². The molecule has 1 aliphatic carbocycles. The minimum Gasteiger partial charge on any atom is -0.485 e. The normalized spacial score (nSPS) is 19.5. The maximum atomic E-state index is 9.20. The van der Waals surface area contributed by atoms with Crippen LogP contribution in [0.3, 0.4) is 0 Å². The number of carboxylic acid groups (broad SMARTS) is 2. The number of aryl methyl sites for hydroxylation is 1. The molecule has 2 rings (SSSR count). The Labute approximate surface area is 160 Å². The average Bonchev–Trinajstić information content (AvgIpc) is 3.00. The molecule has 4 N–H and O–H groups in total. The van der Waals surface area contributed by atoms with E-state index in [1.54, 1.807) is 16.8 Å². The zero-order valence-electron chi connectivity index (χ0n) is 14.8. The number of rotatable bonds is 5. The van der Waals surface area contributed by atoms with Crippen molar-refractivity contribution in [2.24, 2.45) is 12.8 Å². The van der Waals surface area contributed by atoms with Gasteiger partial charge >= 0.3 is 11.9 Å². The van der Waals surface area contributed by atoms with E-state index >= 15 is 0 Å². The fourth-order valence-corrected chi connectivity index (χ4v) is 2.38. The summed E-state index contributed by atoms with van der Waals surface area (Å²) in [5, 5.41) is 28.0. The Hall–Kier alpha value is -2.90.